The number of rotatable bonds is 3. The lowest BCUT2D eigenvalue weighted by atomic mass is 10.1. The van der Waals surface area contributed by atoms with E-state index in [-0.39, 0.29) is 5.78 Å². The third-order valence-electron chi connectivity index (χ3n) is 4.48. The molecule has 1 aliphatic rings. The van der Waals surface area contributed by atoms with Gasteiger partial charge in [-0.2, -0.15) is 0 Å². The van der Waals surface area contributed by atoms with Gasteiger partial charge in [-0.25, -0.2) is 0 Å². The first-order valence-electron chi connectivity index (χ1n) is 8.12. The van der Waals surface area contributed by atoms with Gasteiger partial charge in [0.05, 0.1) is 5.69 Å². The van der Waals surface area contributed by atoms with Crippen LogP contribution < -0.4 is 4.90 Å². The van der Waals surface area contributed by atoms with Crippen molar-refractivity contribution in [2.24, 2.45) is 0 Å². The number of carbonyl (C=O) groups excluding carboxylic acids is 1. The van der Waals surface area contributed by atoms with E-state index in [4.69, 9.17) is 23.2 Å². The molecule has 5 heteroatoms. The molecule has 0 saturated heterocycles. The molecule has 0 atom stereocenters. The van der Waals surface area contributed by atoms with Crippen molar-refractivity contribution in [3.05, 3.63) is 82.1 Å². The standard InChI is InChI=1S/C20H16Cl2N2O/c21-15-7-6-14(17(22)12-15)13-23-10-8-18-20(23)19(25)9-11-24(18)16-4-2-1-3-5-16/h1-8,10,12H,9,11,13H2. The molecule has 2 heterocycles. The first-order valence-corrected chi connectivity index (χ1v) is 8.88. The third kappa shape index (κ3) is 3.06. The van der Waals surface area contributed by atoms with Crippen molar-refractivity contribution in [1.29, 1.82) is 0 Å². The quantitative estimate of drug-likeness (QED) is 0.602. The highest BCUT2D eigenvalue weighted by molar-refractivity contribution is 6.35. The summed E-state index contributed by atoms with van der Waals surface area (Å²) in [4.78, 5) is 14.8. The fourth-order valence-corrected chi connectivity index (χ4v) is 3.74. The van der Waals surface area contributed by atoms with Gasteiger partial charge in [0.25, 0.3) is 0 Å². The topological polar surface area (TPSA) is 25.2 Å². The van der Waals surface area contributed by atoms with E-state index in [9.17, 15) is 4.79 Å². The van der Waals surface area contributed by atoms with Crippen LogP contribution in [0.5, 0.6) is 0 Å². The number of anilines is 2. The van der Waals surface area contributed by atoms with Gasteiger partial charge in [0, 0.05) is 41.4 Å². The normalized spacial score (nSPS) is 13.8. The predicted molar refractivity (Wildman–Crippen MR) is 102 cm³/mol. The number of carbonyl (C=O) groups is 1. The highest BCUT2D eigenvalue weighted by Crippen LogP contribution is 2.35. The van der Waals surface area contributed by atoms with Crippen molar-refractivity contribution in [1.82, 2.24) is 4.57 Å². The molecular weight excluding hydrogens is 355 g/mol. The Labute approximate surface area is 156 Å². The number of aromatic nitrogens is 1. The van der Waals surface area contributed by atoms with E-state index < -0.39 is 0 Å². The van der Waals surface area contributed by atoms with Crippen LogP contribution >= 0.6 is 23.2 Å². The molecule has 0 N–H and O–H groups in total. The summed E-state index contributed by atoms with van der Waals surface area (Å²) >= 11 is 12.3. The number of nitrogens with zero attached hydrogens (tertiary/aromatic N) is 2. The Kier molecular flexibility index (Phi) is 4.28. The molecule has 4 rings (SSSR count). The summed E-state index contributed by atoms with van der Waals surface area (Å²) in [6.45, 7) is 1.24. The molecule has 2 aromatic carbocycles. The van der Waals surface area contributed by atoms with E-state index in [1.54, 1.807) is 6.07 Å². The lowest BCUT2D eigenvalue weighted by Gasteiger charge is -2.29. The summed E-state index contributed by atoms with van der Waals surface area (Å²) in [5.74, 6) is 0.164. The number of fused-ring (bicyclic) bond motifs is 1. The van der Waals surface area contributed by atoms with Crippen molar-refractivity contribution in [2.45, 2.75) is 13.0 Å². The molecule has 25 heavy (non-hydrogen) atoms. The minimum atomic E-state index is 0.164. The summed E-state index contributed by atoms with van der Waals surface area (Å²) in [6, 6.07) is 17.6. The van der Waals surface area contributed by atoms with E-state index in [1.807, 2.05) is 47.2 Å². The molecule has 3 nitrogen and oxygen atoms in total. The average Bonchev–Trinajstić information content (AvgIpc) is 3.03. The van der Waals surface area contributed by atoms with Gasteiger partial charge in [-0.15, -0.1) is 0 Å². The van der Waals surface area contributed by atoms with E-state index >= 15 is 0 Å². The van der Waals surface area contributed by atoms with Crippen molar-refractivity contribution >= 4 is 40.4 Å². The maximum atomic E-state index is 12.6. The first kappa shape index (κ1) is 16.2. The summed E-state index contributed by atoms with van der Waals surface area (Å²) < 4.78 is 1.97. The second-order valence-electron chi connectivity index (χ2n) is 6.07. The molecular formula is C20H16Cl2N2O. The fourth-order valence-electron chi connectivity index (χ4n) is 3.28. The van der Waals surface area contributed by atoms with Crippen LogP contribution in [-0.4, -0.2) is 16.9 Å². The summed E-state index contributed by atoms with van der Waals surface area (Å²) in [6.07, 6.45) is 2.45. The fraction of sp³-hybridized carbons (Fsp3) is 0.150. The van der Waals surface area contributed by atoms with E-state index in [2.05, 4.69) is 17.0 Å². The smallest absolute Gasteiger partial charge is 0.183 e. The van der Waals surface area contributed by atoms with Crippen molar-refractivity contribution < 1.29 is 4.79 Å². The first-order chi connectivity index (χ1) is 12.1. The van der Waals surface area contributed by atoms with Crippen LogP contribution in [0.3, 0.4) is 0 Å². The van der Waals surface area contributed by atoms with E-state index in [0.717, 1.165) is 22.6 Å². The average molecular weight is 371 g/mol. The van der Waals surface area contributed by atoms with Crippen LogP contribution in [0.4, 0.5) is 11.4 Å². The zero-order valence-electron chi connectivity index (χ0n) is 13.5. The van der Waals surface area contributed by atoms with Crippen LogP contribution in [0, 0.1) is 0 Å². The summed E-state index contributed by atoms with van der Waals surface area (Å²) in [5, 5.41) is 1.22. The van der Waals surface area contributed by atoms with Gasteiger partial charge in [-0.05, 0) is 35.9 Å². The molecule has 3 aromatic rings. The van der Waals surface area contributed by atoms with Gasteiger partial charge in [-0.3, -0.25) is 4.79 Å². The molecule has 0 amide bonds. The Bertz CT molecular complexity index is 934. The largest absolute Gasteiger partial charge is 0.339 e. The van der Waals surface area contributed by atoms with Gasteiger partial charge in [0.1, 0.15) is 5.69 Å². The van der Waals surface area contributed by atoms with Gasteiger partial charge in [0.2, 0.25) is 0 Å². The van der Waals surface area contributed by atoms with Crippen molar-refractivity contribution in [2.75, 3.05) is 11.4 Å². The number of hydrogen-bond acceptors (Lipinski definition) is 2. The van der Waals surface area contributed by atoms with Crippen molar-refractivity contribution in [3.8, 4) is 0 Å². The molecule has 1 aliphatic heterocycles. The lowest BCUT2D eigenvalue weighted by Crippen LogP contribution is -2.28. The van der Waals surface area contributed by atoms with Crippen LogP contribution in [-0.2, 0) is 6.54 Å². The van der Waals surface area contributed by atoms with Gasteiger partial charge in [0.15, 0.2) is 5.78 Å². The lowest BCUT2D eigenvalue weighted by molar-refractivity contribution is 0.0972. The maximum absolute atomic E-state index is 12.6. The molecule has 0 bridgehead atoms. The van der Waals surface area contributed by atoms with Crippen LogP contribution in [0.2, 0.25) is 10.0 Å². The number of ketones is 1. The number of para-hydroxylation sites is 1. The van der Waals surface area contributed by atoms with Crippen LogP contribution in [0.15, 0.2) is 60.8 Å². The Hall–Kier alpha value is -2.23. The van der Waals surface area contributed by atoms with Gasteiger partial charge in [-0.1, -0.05) is 47.5 Å². The Morgan fingerprint density at radius 2 is 1.80 bits per heavy atom. The number of hydrogen-bond donors (Lipinski definition) is 0. The van der Waals surface area contributed by atoms with Crippen LogP contribution in [0.25, 0.3) is 0 Å². The molecule has 0 saturated carbocycles. The van der Waals surface area contributed by atoms with Gasteiger partial charge < -0.3 is 9.47 Å². The van der Waals surface area contributed by atoms with E-state index in [1.165, 1.54) is 0 Å². The minimum absolute atomic E-state index is 0.164. The monoisotopic (exact) mass is 370 g/mol. The minimum Gasteiger partial charge on any atom is -0.339 e. The zero-order valence-corrected chi connectivity index (χ0v) is 15.0. The summed E-state index contributed by atoms with van der Waals surface area (Å²) in [5.41, 5.74) is 3.72. The highest BCUT2D eigenvalue weighted by atomic mass is 35.5. The number of halogens is 2. The summed E-state index contributed by atoms with van der Waals surface area (Å²) in [7, 11) is 0. The van der Waals surface area contributed by atoms with Crippen LogP contribution in [0.1, 0.15) is 22.5 Å². The molecule has 0 aliphatic carbocycles. The van der Waals surface area contributed by atoms with Gasteiger partial charge >= 0.3 is 0 Å². The maximum Gasteiger partial charge on any atom is 0.183 e. The zero-order chi connectivity index (χ0) is 17.4. The molecule has 126 valence electrons. The Morgan fingerprint density at radius 1 is 1.00 bits per heavy atom. The van der Waals surface area contributed by atoms with Crippen molar-refractivity contribution in [3.63, 3.8) is 0 Å². The second kappa shape index (κ2) is 6.58. The Balaban J connectivity index is 1.72. The third-order valence-corrected chi connectivity index (χ3v) is 5.07. The Morgan fingerprint density at radius 3 is 2.56 bits per heavy atom. The molecule has 0 spiro atoms. The molecule has 1 aromatic heterocycles. The van der Waals surface area contributed by atoms with E-state index in [0.29, 0.717) is 29.6 Å². The number of Topliss-reactive ketones (excluding diaryl/α,β-unsaturated/α-hetero) is 1. The second-order valence-corrected chi connectivity index (χ2v) is 6.92. The molecule has 0 fully saturated rings. The number of benzene rings is 2. The highest BCUT2D eigenvalue weighted by Gasteiger charge is 2.27. The molecule has 0 radical (unpaired) electrons. The SMILES string of the molecule is O=C1CCN(c2ccccc2)c2ccn(Cc3ccc(Cl)cc3Cl)c21. The predicted octanol–water partition coefficient (Wildman–Crippen LogP) is 5.57. The molecule has 0 unspecified atom stereocenters.